The molecule has 0 saturated carbocycles. The van der Waals surface area contributed by atoms with E-state index in [9.17, 15) is 12.8 Å². The van der Waals surface area contributed by atoms with E-state index < -0.39 is 15.2 Å². The predicted octanol–water partition coefficient (Wildman–Crippen LogP) is -0.490. The summed E-state index contributed by atoms with van der Waals surface area (Å²) in [6.45, 7) is 0. The second-order valence-corrected chi connectivity index (χ2v) is 1.71. The van der Waals surface area contributed by atoms with Gasteiger partial charge in [-0.2, -0.15) is 8.42 Å². The van der Waals surface area contributed by atoms with Gasteiger partial charge in [-0.05, 0) is 0 Å². The average molecular weight is 149 g/mol. The van der Waals surface area contributed by atoms with Crippen molar-refractivity contribution in [1.29, 1.82) is 0 Å². The van der Waals surface area contributed by atoms with Crippen LogP contribution < -0.4 is 0 Å². The first-order chi connectivity index (χ1) is 2.94. The van der Waals surface area contributed by atoms with E-state index in [1.54, 1.807) is 0 Å². The van der Waals surface area contributed by atoms with Crippen LogP contribution in [0.1, 0.15) is 0 Å². The summed E-state index contributed by atoms with van der Waals surface area (Å²) in [6.07, 6.45) is 0. The van der Waals surface area contributed by atoms with Crippen LogP contribution in [0, 0.1) is 0 Å². The van der Waals surface area contributed by atoms with Gasteiger partial charge in [-0.1, -0.05) is 12.8 Å². The van der Waals surface area contributed by atoms with E-state index in [-0.39, 0.29) is 37.7 Å². The Bertz CT molecular complexity index is 142. The van der Waals surface area contributed by atoms with Crippen LogP contribution in [0.5, 0.6) is 0 Å². The van der Waals surface area contributed by atoms with Crippen molar-refractivity contribution in [3.05, 3.63) is 0 Å². The van der Waals surface area contributed by atoms with Crippen molar-refractivity contribution >= 4 is 48.1 Å². The summed E-state index contributed by atoms with van der Waals surface area (Å²) in [5.41, 5.74) is 0. The van der Waals surface area contributed by atoms with E-state index >= 15 is 0 Å². The van der Waals surface area contributed by atoms with Gasteiger partial charge in [-0.25, -0.2) is 0 Å². The molecule has 0 unspecified atom stereocenters. The van der Waals surface area contributed by atoms with Gasteiger partial charge in [-0.15, -0.1) is 0 Å². The molecular formula is F3Li2NO2S. The zero-order chi connectivity index (χ0) is 6.08. The van der Waals surface area contributed by atoms with Crippen molar-refractivity contribution in [3.63, 3.8) is 0 Å². The van der Waals surface area contributed by atoms with Crippen molar-refractivity contribution in [1.82, 2.24) is 4.75 Å². The Balaban J connectivity index is -0.000000180. The van der Waals surface area contributed by atoms with Crippen molar-refractivity contribution < 1.29 is 21.3 Å². The molecule has 0 amide bonds. The summed E-state index contributed by atoms with van der Waals surface area (Å²) < 4.78 is 46.7. The molecule has 0 atom stereocenters. The van der Waals surface area contributed by atoms with Gasteiger partial charge in [0.25, 0.3) is 0 Å². The fourth-order valence-corrected chi connectivity index (χ4v) is 0. The third-order valence-corrected chi connectivity index (χ3v) is 0.495. The molecule has 0 rings (SSSR count). The van der Waals surface area contributed by atoms with Crippen molar-refractivity contribution in [3.8, 4) is 0 Å². The third-order valence-electron chi connectivity index (χ3n) is 0.165. The summed E-state index contributed by atoms with van der Waals surface area (Å²) >= 11 is 0. The number of halogens is 3. The van der Waals surface area contributed by atoms with Gasteiger partial charge in [0.2, 0.25) is 0 Å². The summed E-state index contributed by atoms with van der Waals surface area (Å²) in [5.74, 6) is 0. The predicted molar refractivity (Wildman–Crippen MR) is 25.6 cm³/mol. The Hall–Kier alpha value is 0.895. The first-order valence-corrected chi connectivity index (χ1v) is 2.35. The van der Waals surface area contributed by atoms with Crippen LogP contribution in [0.25, 0.3) is 0 Å². The molecule has 46 valence electrons. The van der Waals surface area contributed by atoms with Gasteiger partial charge in [0.1, 0.15) is 0 Å². The second kappa shape index (κ2) is 5.66. The van der Waals surface area contributed by atoms with Crippen LogP contribution in [0.4, 0.5) is 12.8 Å². The van der Waals surface area contributed by atoms with Gasteiger partial charge in [0.05, 0.1) is 0 Å². The molecule has 2 radical (unpaired) electrons. The molecule has 3 nitrogen and oxygen atoms in total. The van der Waals surface area contributed by atoms with Gasteiger partial charge < -0.3 is 0 Å². The third kappa shape index (κ3) is 8.89. The zero-order valence-electron chi connectivity index (χ0n) is 4.81. The summed E-state index contributed by atoms with van der Waals surface area (Å²) in [4.78, 5) is 0. The number of hydrogen-bond acceptors (Lipinski definition) is 2. The molecular weight excluding hydrogens is 149 g/mol. The fourth-order valence-electron chi connectivity index (χ4n) is 0. The molecule has 0 N–H and O–H groups in total. The van der Waals surface area contributed by atoms with Crippen LogP contribution in [-0.2, 0) is 10.4 Å². The Morgan fingerprint density at radius 1 is 1.11 bits per heavy atom. The molecule has 0 spiro atoms. The first-order valence-electron chi connectivity index (χ1n) is 1.01. The SMILES string of the molecule is O=S(=O)(F)N(F)F.[Li].[Li]. The quantitative estimate of drug-likeness (QED) is 0.286. The smallest absolute Gasteiger partial charge is 0.172 e. The van der Waals surface area contributed by atoms with Gasteiger partial charge >= 0.3 is 10.4 Å². The standard InChI is InChI=1S/F3NO2S.2Li/c1-4(2)7(3,5)6;;. The number of rotatable bonds is 1. The van der Waals surface area contributed by atoms with Gasteiger partial charge in [0, 0.05) is 37.7 Å². The van der Waals surface area contributed by atoms with E-state index in [0.29, 0.717) is 0 Å². The van der Waals surface area contributed by atoms with Crippen LogP contribution in [-0.4, -0.2) is 50.9 Å². The maximum Gasteiger partial charge on any atom is 0.430 e. The number of nitrogens with zero attached hydrogens (tertiary/aromatic N) is 1. The Morgan fingerprint density at radius 2 is 1.22 bits per heavy atom. The zero-order valence-corrected chi connectivity index (χ0v) is 5.62. The van der Waals surface area contributed by atoms with Gasteiger partial charge in [0.15, 0.2) is 4.75 Å². The fraction of sp³-hybridized carbons (Fsp3) is 0. The maximum atomic E-state index is 10.7. The van der Waals surface area contributed by atoms with E-state index in [4.69, 9.17) is 8.42 Å². The average Bonchev–Trinajstić information content (AvgIpc) is 1.31. The van der Waals surface area contributed by atoms with Crippen LogP contribution in [0.15, 0.2) is 0 Å². The molecule has 0 aliphatic rings. The molecule has 0 bridgehead atoms. The van der Waals surface area contributed by atoms with Gasteiger partial charge in [-0.3, -0.25) is 0 Å². The maximum absolute atomic E-state index is 10.7. The Morgan fingerprint density at radius 3 is 1.22 bits per heavy atom. The molecule has 0 fully saturated rings. The molecule has 0 saturated heterocycles. The van der Waals surface area contributed by atoms with Crippen LogP contribution in [0.3, 0.4) is 0 Å². The summed E-state index contributed by atoms with van der Waals surface area (Å²) in [7, 11) is -5.74. The normalized spacial score (nSPS) is 9.78. The summed E-state index contributed by atoms with van der Waals surface area (Å²) in [5, 5.41) is 0. The minimum Gasteiger partial charge on any atom is -0.172 e. The second-order valence-electron chi connectivity index (χ2n) is 0.614. The van der Waals surface area contributed by atoms with E-state index in [0.717, 1.165) is 0 Å². The van der Waals surface area contributed by atoms with E-state index in [1.165, 1.54) is 0 Å². The Kier molecular flexibility index (Phi) is 10.4. The van der Waals surface area contributed by atoms with E-state index in [2.05, 4.69) is 0 Å². The monoisotopic (exact) mass is 149 g/mol. The van der Waals surface area contributed by atoms with Crippen LogP contribution >= 0.6 is 0 Å². The molecule has 0 aliphatic carbocycles. The van der Waals surface area contributed by atoms with Crippen LogP contribution in [0.2, 0.25) is 0 Å². The molecule has 9 heteroatoms. The first kappa shape index (κ1) is 16.5. The molecule has 0 aromatic heterocycles. The molecule has 9 heavy (non-hydrogen) atoms. The molecule has 0 heterocycles. The largest absolute Gasteiger partial charge is 0.430 e. The molecule has 0 aromatic carbocycles. The molecule has 0 aromatic rings. The topological polar surface area (TPSA) is 37.4 Å². The van der Waals surface area contributed by atoms with Crippen molar-refractivity contribution in [2.75, 3.05) is 0 Å². The summed E-state index contributed by atoms with van der Waals surface area (Å²) in [6, 6.07) is 0. The van der Waals surface area contributed by atoms with Crippen molar-refractivity contribution in [2.24, 2.45) is 0 Å². The minimum atomic E-state index is -5.74. The van der Waals surface area contributed by atoms with Crippen molar-refractivity contribution in [2.45, 2.75) is 0 Å². The molecule has 0 aliphatic heterocycles. The van der Waals surface area contributed by atoms with E-state index in [1.807, 2.05) is 0 Å². The Labute approximate surface area is 74.2 Å². The minimum absolute atomic E-state index is 0. The number of hydrogen-bond donors (Lipinski definition) is 0.